The Morgan fingerprint density at radius 3 is 2.32 bits per heavy atom. The van der Waals surface area contributed by atoms with Gasteiger partial charge >= 0.3 is 0 Å². The number of aromatic nitrogens is 1. The van der Waals surface area contributed by atoms with Crippen molar-refractivity contribution in [1.29, 1.82) is 0 Å². The van der Waals surface area contributed by atoms with E-state index in [0.29, 0.717) is 6.42 Å². The number of rotatable bonds is 5. The molecule has 0 bridgehead atoms. The van der Waals surface area contributed by atoms with Crippen molar-refractivity contribution in [2.24, 2.45) is 0 Å². The van der Waals surface area contributed by atoms with E-state index in [2.05, 4.69) is 33.0 Å². The van der Waals surface area contributed by atoms with Crippen LogP contribution in [-0.2, 0) is 6.42 Å². The van der Waals surface area contributed by atoms with Crippen LogP contribution in [0.5, 0.6) is 0 Å². The highest BCUT2D eigenvalue weighted by atomic mass is 79.9. The molecule has 0 N–H and O–H groups in total. The molecule has 0 aliphatic rings. The lowest BCUT2D eigenvalue weighted by atomic mass is 10.0. The number of hydrogen-bond acceptors (Lipinski definition) is 2. The molecule has 0 unspecified atom stereocenters. The Bertz CT molecular complexity index is 471. The molecule has 0 spiro atoms. The fraction of sp³-hybridized carbons (Fsp3) is 0.250. The van der Waals surface area contributed by atoms with Gasteiger partial charge < -0.3 is 0 Å². The maximum absolute atomic E-state index is 11.8. The van der Waals surface area contributed by atoms with Gasteiger partial charge in [0.1, 0.15) is 0 Å². The van der Waals surface area contributed by atoms with Gasteiger partial charge in [-0.05, 0) is 36.4 Å². The summed E-state index contributed by atoms with van der Waals surface area (Å²) in [5.41, 5.74) is 2.04. The van der Waals surface area contributed by atoms with Crippen LogP contribution in [0.1, 0.15) is 28.8 Å². The van der Waals surface area contributed by atoms with Crippen molar-refractivity contribution < 1.29 is 4.79 Å². The van der Waals surface area contributed by atoms with Crippen LogP contribution in [0.3, 0.4) is 0 Å². The van der Waals surface area contributed by atoms with E-state index in [-0.39, 0.29) is 5.78 Å². The van der Waals surface area contributed by atoms with Crippen molar-refractivity contribution in [3.05, 3.63) is 66.0 Å². The molecular weight excluding hydrogens is 302 g/mol. The van der Waals surface area contributed by atoms with Crippen molar-refractivity contribution in [1.82, 2.24) is 4.98 Å². The van der Waals surface area contributed by atoms with Crippen molar-refractivity contribution in [3.8, 4) is 0 Å². The number of alkyl halides is 1. The van der Waals surface area contributed by atoms with Crippen LogP contribution < -0.4 is 0 Å². The number of pyridine rings is 1. The number of halogens is 1. The van der Waals surface area contributed by atoms with Crippen LogP contribution >= 0.6 is 15.9 Å². The molecule has 1 aromatic carbocycles. The Balaban J connectivity index is 0.000000861. The SMILES string of the molecule is CBr.O=C(CCCc1ccccc1)c1ccncc1. The minimum atomic E-state index is 0.198. The average Bonchev–Trinajstić information content (AvgIpc) is 2.51. The van der Waals surface area contributed by atoms with Crippen LogP contribution in [0.2, 0.25) is 0 Å². The van der Waals surface area contributed by atoms with Crippen molar-refractivity contribution >= 4 is 21.7 Å². The second kappa shape index (κ2) is 9.45. The molecule has 0 fully saturated rings. The Hall–Kier alpha value is -1.48. The highest BCUT2D eigenvalue weighted by Crippen LogP contribution is 2.08. The summed E-state index contributed by atoms with van der Waals surface area (Å²) >= 11 is 2.94. The third kappa shape index (κ3) is 5.79. The third-order valence-electron chi connectivity index (χ3n) is 2.71. The molecule has 2 aromatic rings. The summed E-state index contributed by atoms with van der Waals surface area (Å²) in [7, 11) is 0. The van der Waals surface area contributed by atoms with E-state index in [4.69, 9.17) is 0 Å². The van der Waals surface area contributed by atoms with Crippen LogP contribution in [0.25, 0.3) is 0 Å². The first-order valence-electron chi connectivity index (χ1n) is 6.21. The average molecular weight is 320 g/mol. The lowest BCUT2D eigenvalue weighted by molar-refractivity contribution is 0.0980. The summed E-state index contributed by atoms with van der Waals surface area (Å²) in [5.74, 6) is 2.01. The molecule has 0 saturated heterocycles. The number of Topliss-reactive ketones (excluding diaryl/α,β-unsaturated/α-hetero) is 1. The van der Waals surface area contributed by atoms with E-state index < -0.39 is 0 Å². The molecular formula is C16H18BrNO. The first-order valence-corrected chi connectivity index (χ1v) is 7.80. The summed E-state index contributed by atoms with van der Waals surface area (Å²) in [6.07, 6.45) is 5.76. The molecule has 100 valence electrons. The van der Waals surface area contributed by atoms with E-state index in [9.17, 15) is 4.79 Å². The topological polar surface area (TPSA) is 30.0 Å². The lowest BCUT2D eigenvalue weighted by Crippen LogP contribution is -1.99. The van der Waals surface area contributed by atoms with Crippen LogP contribution in [0, 0.1) is 0 Å². The zero-order chi connectivity index (χ0) is 13.9. The van der Waals surface area contributed by atoms with E-state index in [1.165, 1.54) is 5.56 Å². The number of aryl methyl sites for hydroxylation is 1. The van der Waals surface area contributed by atoms with Crippen molar-refractivity contribution in [2.45, 2.75) is 19.3 Å². The molecule has 1 heterocycles. The summed E-state index contributed by atoms with van der Waals surface area (Å²) in [6, 6.07) is 13.8. The molecule has 0 aliphatic heterocycles. The number of ketones is 1. The van der Waals surface area contributed by atoms with Crippen molar-refractivity contribution in [2.75, 3.05) is 5.83 Å². The zero-order valence-corrected chi connectivity index (χ0v) is 12.6. The molecule has 2 nitrogen and oxygen atoms in total. The monoisotopic (exact) mass is 319 g/mol. The number of carbonyl (C=O) groups excluding carboxylic acids is 1. The minimum absolute atomic E-state index is 0.198. The van der Waals surface area contributed by atoms with Gasteiger partial charge in [-0.2, -0.15) is 0 Å². The molecule has 0 radical (unpaired) electrons. The largest absolute Gasteiger partial charge is 0.294 e. The summed E-state index contributed by atoms with van der Waals surface area (Å²) in [5, 5.41) is 0. The maximum Gasteiger partial charge on any atom is 0.162 e. The smallest absolute Gasteiger partial charge is 0.162 e. The molecule has 1 aromatic heterocycles. The molecule has 0 amide bonds. The van der Waals surface area contributed by atoms with E-state index in [0.717, 1.165) is 18.4 Å². The Labute approximate surface area is 123 Å². The van der Waals surface area contributed by atoms with Gasteiger partial charge in [-0.25, -0.2) is 0 Å². The van der Waals surface area contributed by atoms with Gasteiger partial charge in [0.2, 0.25) is 0 Å². The van der Waals surface area contributed by atoms with Gasteiger partial charge in [0, 0.05) is 24.4 Å². The van der Waals surface area contributed by atoms with Crippen LogP contribution in [0.4, 0.5) is 0 Å². The number of carbonyl (C=O) groups is 1. The van der Waals surface area contributed by atoms with Gasteiger partial charge in [-0.15, -0.1) is 0 Å². The maximum atomic E-state index is 11.8. The summed E-state index contributed by atoms with van der Waals surface area (Å²) in [4.78, 5) is 15.7. The predicted octanol–water partition coefficient (Wildman–Crippen LogP) is 4.30. The summed E-state index contributed by atoms with van der Waals surface area (Å²) < 4.78 is 0. The van der Waals surface area contributed by atoms with E-state index in [1.54, 1.807) is 24.5 Å². The van der Waals surface area contributed by atoms with E-state index in [1.807, 2.05) is 24.0 Å². The second-order valence-corrected chi connectivity index (χ2v) is 4.00. The summed E-state index contributed by atoms with van der Waals surface area (Å²) in [6.45, 7) is 0. The van der Waals surface area contributed by atoms with Crippen LogP contribution in [-0.4, -0.2) is 16.6 Å². The van der Waals surface area contributed by atoms with Gasteiger partial charge in [-0.1, -0.05) is 46.3 Å². The molecule has 0 saturated carbocycles. The molecule has 2 rings (SSSR count). The quantitative estimate of drug-likeness (QED) is 0.607. The van der Waals surface area contributed by atoms with Gasteiger partial charge in [0.05, 0.1) is 0 Å². The Kier molecular flexibility index (Phi) is 7.75. The molecule has 3 heteroatoms. The fourth-order valence-electron chi connectivity index (χ4n) is 1.78. The van der Waals surface area contributed by atoms with Crippen LogP contribution in [0.15, 0.2) is 54.9 Å². The first kappa shape index (κ1) is 15.6. The third-order valence-corrected chi connectivity index (χ3v) is 2.71. The van der Waals surface area contributed by atoms with E-state index >= 15 is 0 Å². The molecule has 0 atom stereocenters. The highest BCUT2D eigenvalue weighted by molar-refractivity contribution is 9.08. The van der Waals surface area contributed by atoms with Gasteiger partial charge in [0.15, 0.2) is 5.78 Å². The van der Waals surface area contributed by atoms with Crippen molar-refractivity contribution in [3.63, 3.8) is 0 Å². The second-order valence-electron chi connectivity index (χ2n) is 4.00. The minimum Gasteiger partial charge on any atom is -0.294 e. The van der Waals surface area contributed by atoms with Gasteiger partial charge in [-0.3, -0.25) is 9.78 Å². The molecule has 19 heavy (non-hydrogen) atoms. The molecule has 0 aliphatic carbocycles. The first-order chi connectivity index (χ1) is 9.36. The normalized spacial score (nSPS) is 9.37. The fourth-order valence-corrected chi connectivity index (χ4v) is 1.78. The number of benzene rings is 1. The Morgan fingerprint density at radius 1 is 1.05 bits per heavy atom. The predicted molar refractivity (Wildman–Crippen MR) is 82.8 cm³/mol. The zero-order valence-electron chi connectivity index (χ0n) is 11.1. The number of nitrogens with zero attached hydrogens (tertiary/aromatic N) is 1. The Morgan fingerprint density at radius 2 is 1.68 bits per heavy atom. The number of hydrogen-bond donors (Lipinski definition) is 0. The standard InChI is InChI=1S/C15H15NO.CH3Br/c17-15(14-9-11-16-12-10-14)8-4-7-13-5-2-1-3-6-13;1-2/h1-3,5-6,9-12H,4,7-8H2;1H3. The lowest BCUT2D eigenvalue weighted by Gasteiger charge is -2.01. The highest BCUT2D eigenvalue weighted by Gasteiger charge is 2.04. The van der Waals surface area contributed by atoms with Gasteiger partial charge in [0.25, 0.3) is 0 Å².